The zero-order valence-corrected chi connectivity index (χ0v) is 9.27. The molecule has 0 aliphatic carbocycles. The molecule has 58 valence electrons. The van der Waals surface area contributed by atoms with Gasteiger partial charge in [0.2, 0.25) is 0 Å². The van der Waals surface area contributed by atoms with Gasteiger partial charge in [0.1, 0.15) is 0 Å². The van der Waals surface area contributed by atoms with Crippen LogP contribution >= 0.6 is 22.6 Å². The molecule has 0 atom stereocenters. The normalized spacial score (nSPS) is 9.64. The zero-order chi connectivity index (χ0) is 8.43. The van der Waals surface area contributed by atoms with Crippen molar-refractivity contribution >= 4 is 28.3 Å². The summed E-state index contributed by atoms with van der Waals surface area (Å²) >= 11 is 4.59. The molecule has 0 saturated carbocycles. The van der Waals surface area contributed by atoms with E-state index in [1.165, 1.54) is 0 Å². The average molecular weight is 299 g/mol. The molecule has 0 aliphatic rings. The van der Waals surface area contributed by atoms with Crippen LogP contribution in [-0.4, -0.2) is 5.11 Å². The number of rotatable bonds is 1. The Morgan fingerprint density at radius 1 is 1.55 bits per heavy atom. The summed E-state index contributed by atoms with van der Waals surface area (Å²) in [6, 6.07) is 3.73. The summed E-state index contributed by atoms with van der Waals surface area (Å²) in [5.41, 5.74) is 1.70. The summed E-state index contributed by atoms with van der Waals surface area (Å²) in [7, 11) is 0. The van der Waals surface area contributed by atoms with E-state index in [-0.39, 0.29) is 5.75 Å². The number of hydrogen-bond donors (Lipinski definition) is 1. The first-order chi connectivity index (χ1) is 5.15. The van der Waals surface area contributed by atoms with Crippen molar-refractivity contribution < 1.29 is 21.2 Å². The van der Waals surface area contributed by atoms with Gasteiger partial charge < -0.3 is 0 Å². The molecule has 0 fully saturated rings. The molecule has 1 N–H and O–H groups in total. The number of benzene rings is 1. The van der Waals surface area contributed by atoms with Gasteiger partial charge in [-0.25, -0.2) is 0 Å². The van der Waals surface area contributed by atoms with Crippen LogP contribution in [0.3, 0.4) is 0 Å². The van der Waals surface area contributed by atoms with Gasteiger partial charge >= 0.3 is 87.3 Å². The fourth-order valence-corrected chi connectivity index (χ4v) is 1.77. The van der Waals surface area contributed by atoms with Crippen molar-refractivity contribution in [2.24, 2.45) is 3.93 Å². The fourth-order valence-electron chi connectivity index (χ4n) is 0.786. The summed E-state index contributed by atoms with van der Waals surface area (Å²) in [6.07, 6.45) is 0. The van der Waals surface area contributed by atoms with Gasteiger partial charge in [0.05, 0.1) is 0 Å². The number of nitrogens with zero attached hydrogens (tertiary/aromatic N) is 1. The van der Waals surface area contributed by atoms with Gasteiger partial charge in [0.15, 0.2) is 0 Å². The molecule has 0 radical (unpaired) electrons. The van der Waals surface area contributed by atoms with E-state index in [9.17, 15) is 5.11 Å². The molecule has 0 aromatic heterocycles. The molecule has 1 aromatic rings. The summed E-state index contributed by atoms with van der Waals surface area (Å²) in [4.78, 5) is 0. The van der Waals surface area contributed by atoms with Gasteiger partial charge in [-0.05, 0) is 0 Å². The molecule has 0 saturated heterocycles. The average Bonchev–Trinajstić information content (AvgIpc) is 1.96. The van der Waals surface area contributed by atoms with Crippen LogP contribution < -0.4 is 0 Å². The minimum atomic E-state index is 0.245. The van der Waals surface area contributed by atoms with Gasteiger partial charge in [-0.1, -0.05) is 0 Å². The van der Waals surface area contributed by atoms with E-state index in [2.05, 4.69) is 42.6 Å². The monoisotopic (exact) mass is 299 g/mol. The van der Waals surface area contributed by atoms with E-state index >= 15 is 0 Å². The maximum atomic E-state index is 9.40. The Hall–Kier alpha value is 0.0825. The molecular formula is C7H6CrINO. The van der Waals surface area contributed by atoms with Crippen LogP contribution in [0, 0.1) is 10.5 Å². The van der Waals surface area contributed by atoms with Crippen LogP contribution in [0.2, 0.25) is 0 Å². The molecule has 2 nitrogen and oxygen atoms in total. The maximum absolute atomic E-state index is 9.40. The second-order valence-electron chi connectivity index (χ2n) is 2.21. The molecule has 0 unspecified atom stereocenters. The van der Waals surface area contributed by atoms with Gasteiger partial charge in [-0.3, -0.25) is 0 Å². The van der Waals surface area contributed by atoms with Crippen molar-refractivity contribution in [3.8, 4) is 5.75 Å². The standard InChI is InChI=1S/C7H6INO.Cr/c1-4-2-5(8)7(10)6(9)3-4;/h2-3,10H,1H3;. The van der Waals surface area contributed by atoms with Crippen LogP contribution in [0.25, 0.3) is 0 Å². The molecule has 4 heteroatoms. The van der Waals surface area contributed by atoms with Gasteiger partial charge in [0.25, 0.3) is 0 Å². The number of hydrogen-bond acceptors (Lipinski definition) is 2. The molecule has 0 heterocycles. The molecule has 1 rings (SSSR count). The number of aromatic hydroxyl groups is 1. The van der Waals surface area contributed by atoms with Gasteiger partial charge in [-0.2, -0.15) is 0 Å². The second kappa shape index (κ2) is 3.66. The van der Waals surface area contributed by atoms with Crippen molar-refractivity contribution in [3.05, 3.63) is 21.3 Å². The molecule has 0 amide bonds. The van der Waals surface area contributed by atoms with Crippen LogP contribution in [-0.2, 0) is 16.1 Å². The van der Waals surface area contributed by atoms with Crippen molar-refractivity contribution in [2.75, 3.05) is 0 Å². The van der Waals surface area contributed by atoms with Crippen molar-refractivity contribution in [3.63, 3.8) is 0 Å². The third-order valence-corrected chi connectivity index (χ3v) is 2.42. The van der Waals surface area contributed by atoms with Crippen molar-refractivity contribution in [1.82, 2.24) is 0 Å². The van der Waals surface area contributed by atoms with E-state index < -0.39 is 0 Å². The molecule has 11 heavy (non-hydrogen) atoms. The quantitative estimate of drug-likeness (QED) is 0.795. The Labute approximate surface area is 87.0 Å². The van der Waals surface area contributed by atoms with Crippen LogP contribution in [0.15, 0.2) is 16.1 Å². The third-order valence-electron chi connectivity index (χ3n) is 1.29. The molecule has 0 aliphatic heterocycles. The molecule has 1 aromatic carbocycles. The Morgan fingerprint density at radius 3 is 2.73 bits per heavy atom. The molecule has 0 spiro atoms. The SMILES string of the molecule is Cc1cc(I)c(O)c([N]=[Cr])c1. The summed E-state index contributed by atoms with van der Waals surface area (Å²) in [6.45, 7) is 1.97. The molecular weight excluding hydrogens is 293 g/mol. The summed E-state index contributed by atoms with van der Waals surface area (Å²) < 4.78 is 4.64. The molecule has 0 bridgehead atoms. The zero-order valence-electron chi connectivity index (χ0n) is 5.84. The number of halogens is 1. The predicted octanol–water partition coefficient (Wildman–Crippen LogP) is 2.67. The van der Waals surface area contributed by atoms with E-state index in [1.807, 2.05) is 19.1 Å². The van der Waals surface area contributed by atoms with Gasteiger partial charge in [-0.15, -0.1) is 0 Å². The predicted molar refractivity (Wildman–Crippen MR) is 47.6 cm³/mol. The van der Waals surface area contributed by atoms with E-state index in [0.29, 0.717) is 5.69 Å². The number of aryl methyl sites for hydroxylation is 1. The van der Waals surface area contributed by atoms with Crippen LogP contribution in [0.5, 0.6) is 5.75 Å². The van der Waals surface area contributed by atoms with E-state index in [0.717, 1.165) is 9.13 Å². The van der Waals surface area contributed by atoms with Crippen molar-refractivity contribution in [2.45, 2.75) is 6.92 Å². The Kier molecular flexibility index (Phi) is 3.05. The Morgan fingerprint density at radius 2 is 2.18 bits per heavy atom. The Bertz CT molecular complexity index is 301. The number of phenols is 1. The first-order valence-electron chi connectivity index (χ1n) is 2.97. The Balaban J connectivity index is 3.35. The van der Waals surface area contributed by atoms with Crippen LogP contribution in [0.1, 0.15) is 5.56 Å². The fraction of sp³-hybridized carbons (Fsp3) is 0.143. The number of phenolic OH excluding ortho intramolecular Hbond substituents is 1. The van der Waals surface area contributed by atoms with Crippen LogP contribution in [0.4, 0.5) is 5.69 Å². The van der Waals surface area contributed by atoms with E-state index in [1.54, 1.807) is 0 Å². The first kappa shape index (κ1) is 9.17. The first-order valence-corrected chi connectivity index (χ1v) is 4.62. The summed E-state index contributed by atoms with van der Waals surface area (Å²) in [5.74, 6) is 0.245. The van der Waals surface area contributed by atoms with E-state index in [4.69, 9.17) is 0 Å². The minimum absolute atomic E-state index is 0.245. The van der Waals surface area contributed by atoms with Crippen molar-refractivity contribution in [1.29, 1.82) is 0 Å². The summed E-state index contributed by atoms with van der Waals surface area (Å²) in [5, 5.41) is 9.40. The topological polar surface area (TPSA) is 32.6 Å². The second-order valence-corrected chi connectivity index (χ2v) is 3.65. The third kappa shape index (κ3) is 2.01. The van der Waals surface area contributed by atoms with Gasteiger partial charge in [0, 0.05) is 0 Å².